The van der Waals surface area contributed by atoms with Gasteiger partial charge in [-0.1, -0.05) is 42.5 Å². The van der Waals surface area contributed by atoms with Crippen LogP contribution in [-0.2, 0) is 14.8 Å². The van der Waals surface area contributed by atoms with Crippen LogP contribution in [0.2, 0.25) is 0 Å². The SMILES string of the molecule is C[C@@H](NC(=O)C1CCC(NS(=O)(=O)c2ccc(-c3ccccc3)c([N+](=O)[O-])c2)CC1)c1ccc(F)cc1. The maximum Gasteiger partial charge on any atom is 0.278 e. The molecule has 0 unspecified atom stereocenters. The zero-order chi connectivity index (χ0) is 26.6. The van der Waals surface area contributed by atoms with Crippen molar-refractivity contribution in [1.29, 1.82) is 0 Å². The molecule has 1 aliphatic rings. The first-order chi connectivity index (χ1) is 17.6. The molecule has 0 aromatic heterocycles. The molecular formula is C27H28FN3O5S. The number of carbonyl (C=O) groups is 1. The van der Waals surface area contributed by atoms with Gasteiger partial charge in [-0.15, -0.1) is 0 Å². The average Bonchev–Trinajstić information content (AvgIpc) is 2.89. The van der Waals surface area contributed by atoms with Crippen LogP contribution in [-0.4, -0.2) is 25.3 Å². The van der Waals surface area contributed by atoms with Crippen molar-refractivity contribution >= 4 is 21.6 Å². The van der Waals surface area contributed by atoms with E-state index in [4.69, 9.17) is 0 Å². The van der Waals surface area contributed by atoms with Crippen LogP contribution >= 0.6 is 0 Å². The molecule has 1 saturated carbocycles. The van der Waals surface area contributed by atoms with Crippen molar-refractivity contribution in [3.8, 4) is 11.1 Å². The fourth-order valence-corrected chi connectivity index (χ4v) is 5.94. The number of hydrogen-bond donors (Lipinski definition) is 2. The van der Waals surface area contributed by atoms with Crippen LogP contribution in [0.5, 0.6) is 0 Å². The van der Waals surface area contributed by atoms with Crippen molar-refractivity contribution in [3.63, 3.8) is 0 Å². The lowest BCUT2D eigenvalue weighted by atomic mass is 9.85. The molecule has 1 fully saturated rings. The average molecular weight is 526 g/mol. The Labute approximate surface area is 215 Å². The van der Waals surface area contributed by atoms with E-state index in [0.717, 1.165) is 11.6 Å². The first-order valence-electron chi connectivity index (χ1n) is 12.1. The second-order valence-corrected chi connectivity index (χ2v) is 11.0. The highest BCUT2D eigenvalue weighted by Gasteiger charge is 2.30. The highest BCUT2D eigenvalue weighted by molar-refractivity contribution is 7.89. The number of nitro groups is 1. The smallest absolute Gasteiger partial charge is 0.278 e. The van der Waals surface area contributed by atoms with E-state index >= 15 is 0 Å². The highest BCUT2D eigenvalue weighted by atomic mass is 32.2. The van der Waals surface area contributed by atoms with E-state index in [1.807, 2.05) is 6.92 Å². The normalized spacial score (nSPS) is 18.6. The van der Waals surface area contributed by atoms with Gasteiger partial charge in [0.1, 0.15) is 5.82 Å². The molecule has 0 spiro atoms. The van der Waals surface area contributed by atoms with Crippen LogP contribution in [0.3, 0.4) is 0 Å². The van der Waals surface area contributed by atoms with Crippen molar-refractivity contribution < 1.29 is 22.5 Å². The summed E-state index contributed by atoms with van der Waals surface area (Å²) in [5, 5.41) is 14.6. The summed E-state index contributed by atoms with van der Waals surface area (Å²) in [5.74, 6) is -0.718. The Morgan fingerprint density at radius 1 is 1.00 bits per heavy atom. The first kappa shape index (κ1) is 26.4. The number of carbonyl (C=O) groups excluding carboxylic acids is 1. The number of nitrogens with one attached hydrogen (secondary N) is 2. The number of nitro benzene ring substituents is 1. The van der Waals surface area contributed by atoms with Gasteiger partial charge in [-0.05, 0) is 68.0 Å². The Hall–Kier alpha value is -3.63. The van der Waals surface area contributed by atoms with E-state index < -0.39 is 14.9 Å². The molecule has 3 aromatic rings. The minimum absolute atomic E-state index is 0.120. The molecule has 10 heteroatoms. The topological polar surface area (TPSA) is 118 Å². The van der Waals surface area contributed by atoms with Gasteiger partial charge < -0.3 is 5.32 Å². The highest BCUT2D eigenvalue weighted by Crippen LogP contribution is 2.33. The Balaban J connectivity index is 1.38. The predicted octanol–water partition coefficient (Wildman–Crippen LogP) is 5.12. The molecule has 0 saturated heterocycles. The Kier molecular flexibility index (Phi) is 7.99. The van der Waals surface area contributed by atoms with E-state index in [0.29, 0.717) is 36.8 Å². The van der Waals surface area contributed by atoms with Gasteiger partial charge in [-0.3, -0.25) is 14.9 Å². The van der Waals surface area contributed by atoms with Gasteiger partial charge in [0.25, 0.3) is 5.69 Å². The lowest BCUT2D eigenvalue weighted by Crippen LogP contribution is -2.41. The zero-order valence-electron chi connectivity index (χ0n) is 20.3. The number of amides is 1. The van der Waals surface area contributed by atoms with Gasteiger partial charge in [0.2, 0.25) is 15.9 Å². The second kappa shape index (κ2) is 11.2. The van der Waals surface area contributed by atoms with Crippen molar-refractivity contribution in [2.45, 2.75) is 49.6 Å². The molecule has 4 rings (SSSR count). The minimum atomic E-state index is -4.00. The van der Waals surface area contributed by atoms with E-state index in [9.17, 15) is 27.7 Å². The predicted molar refractivity (Wildman–Crippen MR) is 138 cm³/mol. The van der Waals surface area contributed by atoms with E-state index in [-0.39, 0.29) is 40.3 Å². The molecule has 0 radical (unpaired) electrons. The lowest BCUT2D eigenvalue weighted by molar-refractivity contribution is -0.384. The molecule has 2 N–H and O–H groups in total. The zero-order valence-corrected chi connectivity index (χ0v) is 21.1. The third-order valence-corrected chi connectivity index (χ3v) is 8.23. The van der Waals surface area contributed by atoms with Gasteiger partial charge in [0.15, 0.2) is 0 Å². The van der Waals surface area contributed by atoms with Crippen molar-refractivity contribution in [3.05, 3.63) is 94.3 Å². The maximum atomic E-state index is 13.1. The van der Waals surface area contributed by atoms with Crippen LogP contribution in [0.15, 0.2) is 77.7 Å². The molecule has 0 heterocycles. The Morgan fingerprint density at radius 3 is 2.27 bits per heavy atom. The molecule has 3 aromatic carbocycles. The van der Waals surface area contributed by atoms with E-state index in [2.05, 4.69) is 10.0 Å². The molecule has 0 aliphatic heterocycles. The summed E-state index contributed by atoms with van der Waals surface area (Å²) in [6.45, 7) is 1.83. The van der Waals surface area contributed by atoms with Crippen LogP contribution in [0.25, 0.3) is 11.1 Å². The Morgan fingerprint density at radius 2 is 1.65 bits per heavy atom. The molecule has 1 aliphatic carbocycles. The number of halogens is 1. The van der Waals surface area contributed by atoms with E-state index in [1.165, 1.54) is 24.3 Å². The van der Waals surface area contributed by atoms with E-state index in [1.54, 1.807) is 42.5 Å². The number of nitrogens with zero attached hydrogens (tertiary/aromatic N) is 1. The fraction of sp³-hybridized carbons (Fsp3) is 0.296. The molecule has 1 atom stereocenters. The van der Waals surface area contributed by atoms with Gasteiger partial charge in [0.05, 0.1) is 21.4 Å². The van der Waals surface area contributed by atoms with Crippen LogP contribution in [0.1, 0.15) is 44.2 Å². The maximum absolute atomic E-state index is 13.1. The van der Waals surface area contributed by atoms with Crippen molar-refractivity contribution in [2.24, 2.45) is 5.92 Å². The third-order valence-electron chi connectivity index (χ3n) is 6.71. The first-order valence-corrected chi connectivity index (χ1v) is 13.5. The molecular weight excluding hydrogens is 497 g/mol. The van der Waals surface area contributed by atoms with Crippen LogP contribution < -0.4 is 10.0 Å². The van der Waals surface area contributed by atoms with Crippen LogP contribution in [0, 0.1) is 21.8 Å². The van der Waals surface area contributed by atoms with Crippen molar-refractivity contribution in [1.82, 2.24) is 10.0 Å². The molecule has 194 valence electrons. The summed E-state index contributed by atoms with van der Waals surface area (Å²) in [4.78, 5) is 23.6. The fourth-order valence-electron chi connectivity index (χ4n) is 4.62. The summed E-state index contributed by atoms with van der Waals surface area (Å²) in [6.07, 6.45) is 1.93. The third kappa shape index (κ3) is 6.39. The van der Waals surface area contributed by atoms with Gasteiger partial charge >= 0.3 is 0 Å². The number of benzene rings is 3. The van der Waals surface area contributed by atoms with Gasteiger partial charge in [-0.25, -0.2) is 17.5 Å². The van der Waals surface area contributed by atoms with Crippen molar-refractivity contribution in [2.75, 3.05) is 0 Å². The number of hydrogen-bond acceptors (Lipinski definition) is 5. The summed E-state index contributed by atoms with van der Waals surface area (Å²) in [7, 11) is -4.00. The molecule has 37 heavy (non-hydrogen) atoms. The number of sulfonamides is 1. The summed E-state index contributed by atoms with van der Waals surface area (Å²) in [6, 6.07) is 18.0. The quantitative estimate of drug-likeness (QED) is 0.313. The molecule has 0 bridgehead atoms. The summed E-state index contributed by atoms with van der Waals surface area (Å²) >= 11 is 0. The summed E-state index contributed by atoms with van der Waals surface area (Å²) < 4.78 is 41.8. The van der Waals surface area contributed by atoms with Gasteiger partial charge in [0, 0.05) is 18.0 Å². The Bertz CT molecular complexity index is 1370. The lowest BCUT2D eigenvalue weighted by Gasteiger charge is -2.29. The minimum Gasteiger partial charge on any atom is -0.349 e. The molecule has 8 nitrogen and oxygen atoms in total. The largest absolute Gasteiger partial charge is 0.349 e. The molecule has 1 amide bonds. The second-order valence-electron chi connectivity index (χ2n) is 9.25. The van der Waals surface area contributed by atoms with Crippen LogP contribution in [0.4, 0.5) is 10.1 Å². The van der Waals surface area contributed by atoms with Gasteiger partial charge in [-0.2, -0.15) is 0 Å². The number of rotatable bonds is 8. The standard InChI is InChI=1S/C27H28FN3O5S/c1-18(19-7-11-22(28)12-8-19)29-27(32)21-9-13-23(14-10-21)30-37(35,36)24-15-16-25(26(17-24)31(33)34)20-5-3-2-4-6-20/h2-8,11-12,15-18,21,23,30H,9-10,13-14H2,1H3,(H,29,32)/t18-,21?,23?/m1/s1. The monoisotopic (exact) mass is 525 g/mol. The summed E-state index contributed by atoms with van der Waals surface area (Å²) in [5.41, 5.74) is 1.47.